The molecule has 0 aromatic rings. The molecule has 0 aliphatic heterocycles. The van der Waals surface area contributed by atoms with Crippen LogP contribution in [0.15, 0.2) is 36.5 Å². The minimum atomic E-state index is -0.777. The molecule has 0 heterocycles. The van der Waals surface area contributed by atoms with Crippen LogP contribution in [-0.4, -0.2) is 37.2 Å². The molecule has 0 amide bonds. The van der Waals surface area contributed by atoms with Crippen molar-refractivity contribution in [3.63, 3.8) is 0 Å². The van der Waals surface area contributed by atoms with Gasteiger partial charge in [0.2, 0.25) is 0 Å². The molecule has 0 aromatic carbocycles. The molecule has 83 heavy (non-hydrogen) atoms. The van der Waals surface area contributed by atoms with Gasteiger partial charge in [0.05, 0.1) is 0 Å². The van der Waals surface area contributed by atoms with Gasteiger partial charge < -0.3 is 14.2 Å². The molecule has 0 rings (SSSR count). The molecule has 6 heteroatoms. The monoisotopic (exact) mass is 1170 g/mol. The van der Waals surface area contributed by atoms with Gasteiger partial charge in [0.1, 0.15) is 13.2 Å². The lowest BCUT2D eigenvalue weighted by Gasteiger charge is -2.18. The van der Waals surface area contributed by atoms with Gasteiger partial charge in [-0.25, -0.2) is 0 Å². The van der Waals surface area contributed by atoms with Gasteiger partial charge in [-0.05, 0) is 57.8 Å². The number of carbonyl (C=O) groups is 3. The Hall–Kier alpha value is -2.37. The average Bonchev–Trinajstić information content (AvgIpc) is 3.49. The Balaban J connectivity index is 4.18. The Kier molecular flexibility index (Phi) is 70.0. The zero-order chi connectivity index (χ0) is 59.9. The molecular formula is C77H144O6. The summed E-state index contributed by atoms with van der Waals surface area (Å²) in [4.78, 5) is 38.5. The maximum absolute atomic E-state index is 13.0. The zero-order valence-electron chi connectivity index (χ0n) is 56.2. The van der Waals surface area contributed by atoms with Gasteiger partial charge in [-0.1, -0.05) is 378 Å². The summed E-state index contributed by atoms with van der Waals surface area (Å²) in [5.41, 5.74) is 0. The molecule has 1 atom stereocenters. The molecule has 0 radical (unpaired) electrons. The highest BCUT2D eigenvalue weighted by molar-refractivity contribution is 5.71. The summed E-state index contributed by atoms with van der Waals surface area (Å²) in [7, 11) is 0. The highest BCUT2D eigenvalue weighted by atomic mass is 16.6. The van der Waals surface area contributed by atoms with E-state index in [4.69, 9.17) is 14.2 Å². The van der Waals surface area contributed by atoms with Crippen LogP contribution in [0.2, 0.25) is 0 Å². The van der Waals surface area contributed by atoms with Gasteiger partial charge in [-0.2, -0.15) is 0 Å². The molecule has 0 aliphatic carbocycles. The fourth-order valence-electron chi connectivity index (χ4n) is 11.5. The van der Waals surface area contributed by atoms with Gasteiger partial charge in [0, 0.05) is 19.3 Å². The minimum absolute atomic E-state index is 0.0717. The van der Waals surface area contributed by atoms with Crippen molar-refractivity contribution in [2.24, 2.45) is 0 Å². The minimum Gasteiger partial charge on any atom is -0.462 e. The van der Waals surface area contributed by atoms with Gasteiger partial charge in [-0.3, -0.25) is 14.4 Å². The zero-order valence-corrected chi connectivity index (χ0v) is 56.2. The second-order valence-corrected chi connectivity index (χ2v) is 25.6. The summed E-state index contributed by atoms with van der Waals surface area (Å²) in [5.74, 6) is -0.852. The number of carbonyl (C=O) groups excluding carboxylic acids is 3. The molecule has 0 saturated carbocycles. The highest BCUT2D eigenvalue weighted by Crippen LogP contribution is 2.19. The second-order valence-electron chi connectivity index (χ2n) is 25.6. The number of unbranched alkanes of at least 4 members (excludes halogenated alkanes) is 53. The van der Waals surface area contributed by atoms with Crippen LogP contribution in [-0.2, 0) is 28.6 Å². The molecular weight excluding hydrogens is 1020 g/mol. The van der Waals surface area contributed by atoms with Gasteiger partial charge in [0.15, 0.2) is 6.10 Å². The quantitative estimate of drug-likeness (QED) is 0.0261. The standard InChI is InChI=1S/C77H144O6/c1-4-7-10-13-16-19-22-25-28-30-32-33-34-35-36-37-38-39-40-41-42-43-45-46-49-52-55-58-61-64-67-70-76(79)82-73-74(72-81-75(78)69-66-63-60-57-54-51-48-27-24-21-18-15-12-9-6-3)83-77(80)71-68-65-62-59-56-53-50-47-44-31-29-26-23-20-17-14-11-8-5-2/h17,20,26,29,44,47,74H,4-16,18-19,21-25,27-28,30-43,45-46,48-73H2,1-3H3/b20-17-,29-26-,47-44-. The van der Waals surface area contributed by atoms with Gasteiger partial charge >= 0.3 is 17.9 Å². The Morgan fingerprint density at radius 3 is 0.699 bits per heavy atom. The normalized spacial score (nSPS) is 12.2. The summed E-state index contributed by atoms with van der Waals surface area (Å²) >= 11 is 0. The van der Waals surface area contributed by atoms with Crippen molar-refractivity contribution >= 4 is 17.9 Å². The molecule has 0 saturated heterocycles. The first-order valence-corrected chi connectivity index (χ1v) is 37.5. The number of esters is 3. The summed E-state index contributed by atoms with van der Waals surface area (Å²) in [5, 5.41) is 0. The van der Waals surface area contributed by atoms with E-state index in [1.54, 1.807) is 0 Å². The van der Waals surface area contributed by atoms with Crippen LogP contribution in [0.4, 0.5) is 0 Å². The number of rotatable bonds is 70. The third-order valence-corrected chi connectivity index (χ3v) is 17.1. The Bertz CT molecular complexity index is 1380. The van der Waals surface area contributed by atoms with Crippen molar-refractivity contribution in [3.8, 4) is 0 Å². The van der Waals surface area contributed by atoms with E-state index in [1.807, 2.05) is 0 Å². The average molecular weight is 1170 g/mol. The molecule has 0 bridgehead atoms. The lowest BCUT2D eigenvalue weighted by molar-refractivity contribution is -0.167. The van der Waals surface area contributed by atoms with Crippen molar-refractivity contribution in [1.29, 1.82) is 0 Å². The van der Waals surface area contributed by atoms with E-state index in [0.29, 0.717) is 19.3 Å². The van der Waals surface area contributed by atoms with E-state index in [0.717, 1.165) is 77.0 Å². The fraction of sp³-hybridized carbons (Fsp3) is 0.883. The van der Waals surface area contributed by atoms with Crippen molar-refractivity contribution in [1.82, 2.24) is 0 Å². The summed E-state index contributed by atoms with van der Waals surface area (Å²) in [6, 6.07) is 0. The van der Waals surface area contributed by atoms with Crippen molar-refractivity contribution < 1.29 is 28.6 Å². The van der Waals surface area contributed by atoms with Crippen molar-refractivity contribution in [2.75, 3.05) is 13.2 Å². The summed E-state index contributed by atoms with van der Waals surface area (Å²) in [6.45, 7) is 6.69. The van der Waals surface area contributed by atoms with Crippen LogP contribution in [0, 0.1) is 0 Å². The van der Waals surface area contributed by atoms with Crippen LogP contribution in [0.3, 0.4) is 0 Å². The van der Waals surface area contributed by atoms with E-state index < -0.39 is 6.10 Å². The first-order chi connectivity index (χ1) is 41.0. The number of hydrogen-bond donors (Lipinski definition) is 0. The van der Waals surface area contributed by atoms with E-state index >= 15 is 0 Å². The summed E-state index contributed by atoms with van der Waals surface area (Å²) < 4.78 is 17.0. The molecule has 1 unspecified atom stereocenters. The van der Waals surface area contributed by atoms with Crippen LogP contribution in [0.25, 0.3) is 0 Å². The first kappa shape index (κ1) is 80.6. The van der Waals surface area contributed by atoms with E-state index in [9.17, 15) is 14.4 Å². The Morgan fingerprint density at radius 2 is 0.434 bits per heavy atom. The maximum Gasteiger partial charge on any atom is 0.306 e. The van der Waals surface area contributed by atoms with Crippen molar-refractivity contribution in [2.45, 2.75) is 425 Å². The Morgan fingerprint density at radius 1 is 0.241 bits per heavy atom. The van der Waals surface area contributed by atoms with E-state index in [1.165, 1.54) is 302 Å². The topological polar surface area (TPSA) is 78.9 Å². The molecule has 488 valence electrons. The predicted octanol–water partition coefficient (Wildman–Crippen LogP) is 25.9. The van der Waals surface area contributed by atoms with Gasteiger partial charge in [0.25, 0.3) is 0 Å². The second kappa shape index (κ2) is 72.1. The fourth-order valence-corrected chi connectivity index (χ4v) is 11.5. The summed E-state index contributed by atoms with van der Waals surface area (Å²) in [6.07, 6.45) is 90.5. The number of ether oxygens (including phenoxy) is 3. The third kappa shape index (κ3) is 70.3. The number of hydrogen-bond acceptors (Lipinski definition) is 6. The SMILES string of the molecule is CCCCC/C=C\C/C=C\C/C=C\CCCCCCCCC(=O)OC(COC(=O)CCCCCCCCCCCCCCCCC)COC(=O)CCCCCCCCCCCCCCCCCCCCCCCCCCCCCCCCC. The Labute approximate surface area is 518 Å². The highest BCUT2D eigenvalue weighted by Gasteiger charge is 2.20. The number of allylic oxidation sites excluding steroid dienone is 6. The predicted molar refractivity (Wildman–Crippen MR) is 362 cm³/mol. The van der Waals surface area contributed by atoms with E-state index in [-0.39, 0.29) is 31.1 Å². The lowest BCUT2D eigenvalue weighted by atomic mass is 10.0. The third-order valence-electron chi connectivity index (χ3n) is 17.1. The van der Waals surface area contributed by atoms with Gasteiger partial charge in [-0.15, -0.1) is 0 Å². The molecule has 6 nitrogen and oxygen atoms in total. The van der Waals surface area contributed by atoms with Crippen molar-refractivity contribution in [3.05, 3.63) is 36.5 Å². The largest absolute Gasteiger partial charge is 0.462 e. The first-order valence-electron chi connectivity index (χ1n) is 37.5. The van der Waals surface area contributed by atoms with Crippen LogP contribution >= 0.6 is 0 Å². The lowest BCUT2D eigenvalue weighted by Crippen LogP contribution is -2.30. The molecule has 0 aromatic heterocycles. The molecule has 0 spiro atoms. The molecule has 0 N–H and O–H groups in total. The van der Waals surface area contributed by atoms with Crippen LogP contribution in [0.1, 0.15) is 419 Å². The van der Waals surface area contributed by atoms with E-state index in [2.05, 4.69) is 57.2 Å². The molecule has 0 fully saturated rings. The van der Waals surface area contributed by atoms with Crippen LogP contribution < -0.4 is 0 Å². The maximum atomic E-state index is 13.0. The molecule has 0 aliphatic rings. The smallest absolute Gasteiger partial charge is 0.306 e. The van der Waals surface area contributed by atoms with Crippen LogP contribution in [0.5, 0.6) is 0 Å².